The van der Waals surface area contributed by atoms with Crippen LogP contribution in [0.15, 0.2) is 126 Å². The third kappa shape index (κ3) is 20.7. The molecule has 11 bridgehead atoms. The SMILES string of the molecule is CNC(CC(C)C)C(=O)NC1C(=O)NC(CC(N)=O)C(=O)NC2C(=O)NC3C(=O)NC(C(=O)N[C@@H](C(=O)NOC)c4cc(O)cc(O)c4-c4cc3ccc4O)C(O)c3ccc(c(Cl)c3)Oc3cc2cc(c3OC2OC(CO)C(O)C(O)C2OC2C[C@@](C)(NCCn3ccc(NC(=O)/C=C/c4ccc(Cl)cc4)nc3=O)C(O)C(C)O2)Oc2ccc(cc2Cl)C1O. The zero-order valence-corrected chi connectivity index (χ0v) is 69.1. The molecule has 0 saturated carbocycles. The molecule has 21 N–H and O–H groups in total. The summed E-state index contributed by atoms with van der Waals surface area (Å²) in [4.78, 5) is 155. The van der Waals surface area contributed by atoms with Gasteiger partial charge in [0.15, 0.2) is 23.9 Å². The van der Waals surface area contributed by atoms with Crippen molar-refractivity contribution < 1.29 is 122 Å². The number of aliphatic hydroxyl groups excluding tert-OH is 6. The van der Waals surface area contributed by atoms with Crippen LogP contribution in [-0.2, 0) is 68.7 Å². The number of aromatic nitrogens is 2. The first-order valence-electron chi connectivity index (χ1n) is 38.8. The summed E-state index contributed by atoms with van der Waals surface area (Å²) in [5.74, 6) is -16.1. The third-order valence-electron chi connectivity index (χ3n) is 21.3. The Morgan fingerprint density at radius 1 is 0.726 bits per heavy atom. The van der Waals surface area contributed by atoms with E-state index in [1.54, 1.807) is 31.2 Å². The van der Waals surface area contributed by atoms with Gasteiger partial charge in [0.05, 0.1) is 48.4 Å². The quantitative estimate of drug-likeness (QED) is 0.0361. The Morgan fingerprint density at radius 2 is 1.37 bits per heavy atom. The minimum absolute atomic E-state index is 0.0332. The Labute approximate surface area is 720 Å². The number of rotatable bonds is 21. The van der Waals surface area contributed by atoms with E-state index in [4.69, 9.17) is 73.8 Å². The summed E-state index contributed by atoms with van der Waals surface area (Å²) in [6, 6.07) is 7.67. The highest BCUT2D eigenvalue weighted by Crippen LogP contribution is 2.50. The second kappa shape index (κ2) is 39.1. The summed E-state index contributed by atoms with van der Waals surface area (Å²) in [6.45, 7) is 5.61. The fraction of sp³-hybridized carbons (Fsp3) is 0.378. The first kappa shape index (κ1) is 91.6. The predicted octanol–water partition coefficient (Wildman–Crippen LogP) is 1.89. The number of phenols is 3. The molecule has 18 atom stereocenters. The number of carbonyl (C=O) groups excluding carboxylic acids is 9. The number of fused-ring (bicyclic) bond motifs is 15. The number of hydrogen-bond acceptors (Lipinski definition) is 29. The summed E-state index contributed by atoms with van der Waals surface area (Å²) < 4.78 is 40.6. The third-order valence-corrected chi connectivity index (χ3v) is 22.1. The summed E-state index contributed by atoms with van der Waals surface area (Å²) >= 11 is 20.3. The second-order valence-corrected chi connectivity index (χ2v) is 31.8. The van der Waals surface area contributed by atoms with E-state index < -0.39 is 254 Å². The average Bonchev–Trinajstić information content (AvgIpc) is 0.764. The van der Waals surface area contributed by atoms with Gasteiger partial charge in [-0.05, 0) is 145 Å². The van der Waals surface area contributed by atoms with Crippen molar-refractivity contribution in [3.63, 3.8) is 0 Å². The van der Waals surface area contributed by atoms with E-state index in [0.29, 0.717) is 10.6 Å². The van der Waals surface area contributed by atoms with Gasteiger partial charge in [-0.3, -0.25) is 52.6 Å². The van der Waals surface area contributed by atoms with E-state index in [0.717, 1.165) is 73.8 Å². The lowest BCUT2D eigenvalue weighted by atomic mass is 9.85. The molecule has 9 amide bonds. The minimum atomic E-state index is -2.39. The summed E-state index contributed by atoms with van der Waals surface area (Å²) in [7, 11) is 2.50. The molecule has 8 heterocycles. The van der Waals surface area contributed by atoms with Crippen molar-refractivity contribution >= 4 is 99.9 Å². The molecule has 124 heavy (non-hydrogen) atoms. The number of nitrogens with two attached hydrogens (primary N) is 1. The number of benzene rings is 6. The zero-order chi connectivity index (χ0) is 89.6. The summed E-state index contributed by atoms with van der Waals surface area (Å²) in [5.41, 5.74) is 3.72. The first-order valence-corrected chi connectivity index (χ1v) is 39.9. The van der Waals surface area contributed by atoms with Crippen molar-refractivity contribution in [3.05, 3.63) is 180 Å². The van der Waals surface area contributed by atoms with E-state index in [1.165, 1.54) is 55.1 Å². The van der Waals surface area contributed by atoms with Crippen molar-refractivity contribution in [1.82, 2.24) is 57.6 Å². The number of hydroxylamine groups is 1. The van der Waals surface area contributed by atoms with Crippen LogP contribution < -0.4 is 79.0 Å². The molecule has 7 aliphatic heterocycles. The van der Waals surface area contributed by atoms with Gasteiger partial charge < -0.3 is 128 Å². The largest absolute Gasteiger partial charge is 0.508 e. The van der Waals surface area contributed by atoms with Gasteiger partial charge in [0.25, 0.3) is 5.91 Å². The lowest BCUT2D eigenvalue weighted by Crippen LogP contribution is -2.65. The Kier molecular flexibility index (Phi) is 28.8. The molecule has 1 aromatic heterocycles. The van der Waals surface area contributed by atoms with Gasteiger partial charge in [0, 0.05) is 59.5 Å². The molecule has 16 unspecified atom stereocenters. The van der Waals surface area contributed by atoms with Gasteiger partial charge in [0.2, 0.25) is 59.3 Å². The highest BCUT2D eigenvalue weighted by atomic mass is 35.5. The molecular formula is C82H90Cl3N13O26. The molecule has 42 heteroatoms. The monoisotopic (exact) mass is 1780 g/mol. The van der Waals surface area contributed by atoms with Crippen molar-refractivity contribution in [2.75, 3.05) is 32.6 Å². The van der Waals surface area contributed by atoms with Gasteiger partial charge in [-0.2, -0.15) is 4.98 Å². The van der Waals surface area contributed by atoms with E-state index >= 15 is 24.0 Å². The summed E-state index contributed by atoms with van der Waals surface area (Å²) in [5, 5.41) is 130. The van der Waals surface area contributed by atoms with Gasteiger partial charge in [-0.1, -0.05) is 79.0 Å². The van der Waals surface area contributed by atoms with E-state index in [2.05, 4.69) is 58.3 Å². The van der Waals surface area contributed by atoms with Crippen LogP contribution in [0.4, 0.5) is 5.82 Å². The highest BCUT2D eigenvalue weighted by molar-refractivity contribution is 6.32. The van der Waals surface area contributed by atoms with E-state index in [-0.39, 0.29) is 60.1 Å². The Bertz CT molecular complexity index is 5340. The van der Waals surface area contributed by atoms with Crippen molar-refractivity contribution in [2.24, 2.45) is 11.7 Å². The van der Waals surface area contributed by atoms with Crippen LogP contribution >= 0.6 is 34.8 Å². The minimum Gasteiger partial charge on any atom is -0.508 e. The number of nitrogens with zero attached hydrogens (tertiary/aromatic N) is 2. The molecule has 2 saturated heterocycles. The maximum absolute atomic E-state index is 16.3. The molecule has 7 aromatic rings. The molecule has 39 nitrogen and oxygen atoms in total. The van der Waals surface area contributed by atoms with Crippen LogP contribution in [0.3, 0.4) is 0 Å². The lowest BCUT2D eigenvalue weighted by molar-refractivity contribution is -0.334. The Balaban J connectivity index is 0.996. The number of phenolic OH excluding ortho intramolecular Hbond substituents is 3. The van der Waals surface area contributed by atoms with E-state index in [9.17, 15) is 69.9 Å². The lowest BCUT2D eigenvalue weighted by Gasteiger charge is -2.48. The summed E-state index contributed by atoms with van der Waals surface area (Å²) in [6.07, 6.45) is -15.3. The van der Waals surface area contributed by atoms with Crippen LogP contribution in [0.1, 0.15) is 111 Å². The predicted molar refractivity (Wildman–Crippen MR) is 438 cm³/mol. The number of anilines is 1. The molecule has 2 fully saturated rings. The number of ether oxygens (including phenoxy) is 6. The number of carbonyl (C=O) groups is 9. The molecule has 6 aromatic carbocycles. The van der Waals surface area contributed by atoms with Crippen LogP contribution in [0.25, 0.3) is 17.2 Å². The van der Waals surface area contributed by atoms with Gasteiger partial charge >= 0.3 is 5.69 Å². The molecule has 0 spiro atoms. The Morgan fingerprint density at radius 3 is 2.00 bits per heavy atom. The van der Waals surface area contributed by atoms with Crippen molar-refractivity contribution in [1.29, 1.82) is 0 Å². The number of aromatic hydroxyl groups is 3. The van der Waals surface area contributed by atoms with E-state index in [1.807, 2.05) is 13.8 Å². The normalized spacial score (nSPS) is 26.1. The number of primary amides is 1. The molecular weight excluding hydrogens is 1690 g/mol. The van der Waals surface area contributed by atoms with Crippen LogP contribution in [-0.4, -0.2) is 215 Å². The number of likely N-dealkylation sites (N-methyl/N-ethyl adjacent to an activating group) is 1. The first-order chi connectivity index (χ1) is 58.9. The molecule has 0 aliphatic carbocycles. The molecule has 660 valence electrons. The number of hydrogen-bond donors (Lipinski definition) is 20. The van der Waals surface area contributed by atoms with Crippen LogP contribution in [0.2, 0.25) is 15.1 Å². The van der Waals surface area contributed by atoms with Gasteiger partial charge in [-0.15, -0.1) is 0 Å². The standard InChI is InChI=1S/C82H90Cl3N13O26/c1-34(2)23-47(87-5)73(110)95-64-66(105)38-11-16-51(45(84)25-38)120-53-27-40-28-54(70(53)124-80-71(69(108)68(107)55(33-99)122-80)123-59-32-82(4,72(109)35(3)119-59)88-20-22-98-21-19-57(91-81(98)117)90-58(104)18-9-36-7-13-41(83)14-8-36)121-52-17-12-39(26-46(52)85)67(106)65-78(115)94-63(79(116)97-118-6)44-29-42(100)30-50(102)60(44)43-24-37(10-15-49(43)101)61(75(112)96-65)93-76(113)62(40)92-74(111)48(31-56(86)103)89-77(64)114/h7-19,21,24-30,34-35,47-48,55,59,61-69,71-72,80,87-88,99-102,105-109H,20,22-23,31-33H2,1-6H3,(H2,86,103)(H,89,114)(H,92,111)(H,93,113)(H,94,115)(H,95,110)(H,96,112)(H,97,116)(H,90,91,104,117)/b18-9+/t35?,47?,48?,55?,59?,61?,62?,63-,64?,65?,66?,67?,68?,69?,71?,72?,80?,82-/m1/s1. The number of nitrogens with one attached hydrogen (secondary N) is 10. The van der Waals surface area contributed by atoms with Crippen molar-refractivity contribution in [3.8, 4) is 57.1 Å². The smallest absolute Gasteiger partial charge is 0.349 e. The highest BCUT2D eigenvalue weighted by Gasteiger charge is 2.52. The second-order valence-electron chi connectivity index (χ2n) is 30.5. The number of halogens is 3. The maximum atomic E-state index is 16.3. The maximum Gasteiger partial charge on any atom is 0.349 e. The zero-order valence-electron chi connectivity index (χ0n) is 66.8. The molecule has 7 aliphatic rings. The van der Waals surface area contributed by atoms with Crippen molar-refractivity contribution in [2.45, 2.75) is 163 Å². The average molecular weight is 1780 g/mol. The fourth-order valence-corrected chi connectivity index (χ4v) is 15.4. The molecule has 14 rings (SSSR count). The van der Waals surface area contributed by atoms with Gasteiger partial charge in [-0.25, -0.2) is 10.3 Å². The molecule has 0 radical (unpaired) electrons. The van der Waals surface area contributed by atoms with Gasteiger partial charge in [0.1, 0.15) is 101 Å². The Hall–Kier alpha value is -11.6. The number of aliphatic hydroxyl groups is 6. The number of amides is 9. The fourth-order valence-electron chi connectivity index (χ4n) is 14.9. The van der Waals surface area contributed by atoms with Crippen LogP contribution in [0.5, 0.6) is 46.0 Å². The van der Waals surface area contributed by atoms with Crippen LogP contribution in [0, 0.1) is 5.92 Å². The topological polar surface area (TPSA) is 582 Å².